The Bertz CT molecular complexity index is 390. The lowest BCUT2D eigenvalue weighted by Crippen LogP contribution is -2.32. The van der Waals surface area contributed by atoms with Gasteiger partial charge in [0.15, 0.2) is 5.75 Å². The number of aliphatic hydroxyl groups excluding tert-OH is 1. The van der Waals surface area contributed by atoms with Gasteiger partial charge < -0.3 is 9.84 Å². The van der Waals surface area contributed by atoms with Crippen molar-refractivity contribution in [3.05, 3.63) is 11.9 Å². The first kappa shape index (κ1) is 15.1. The molecule has 1 N–H and O–H groups in total. The zero-order chi connectivity index (χ0) is 13.8. The number of hydrogen-bond donors (Lipinski definition) is 1. The first-order valence-electron chi connectivity index (χ1n) is 6.73. The average Bonchev–Trinajstić information content (AvgIpc) is 2.89. The van der Waals surface area contributed by atoms with E-state index >= 15 is 0 Å². The van der Waals surface area contributed by atoms with E-state index in [1.165, 1.54) is 5.75 Å². The summed E-state index contributed by atoms with van der Waals surface area (Å²) in [5, 5.41) is 15.8. The maximum atomic E-state index is 10.8. The van der Waals surface area contributed by atoms with Crippen LogP contribution in [0.2, 0.25) is 0 Å². The molecule has 1 aliphatic rings. The van der Waals surface area contributed by atoms with E-state index in [0.29, 0.717) is 11.0 Å². The van der Waals surface area contributed by atoms with E-state index in [-0.39, 0.29) is 5.25 Å². The Morgan fingerprint density at radius 3 is 2.84 bits per heavy atom. The third-order valence-corrected chi connectivity index (χ3v) is 6.79. The van der Waals surface area contributed by atoms with Crippen LogP contribution in [-0.2, 0) is 6.54 Å². The molecule has 1 aromatic rings. The van der Waals surface area contributed by atoms with Gasteiger partial charge in [0.2, 0.25) is 0 Å². The molecule has 0 aliphatic carbocycles. The fraction of sp³-hybridized carbons (Fsp3) is 0.769. The van der Waals surface area contributed by atoms with Crippen LogP contribution in [0.25, 0.3) is 0 Å². The molecule has 6 heteroatoms. The minimum absolute atomic E-state index is 0.222. The second kappa shape index (κ2) is 6.90. The Morgan fingerprint density at radius 2 is 2.21 bits per heavy atom. The van der Waals surface area contributed by atoms with Crippen LogP contribution in [0, 0.1) is 0 Å². The van der Waals surface area contributed by atoms with Crippen LogP contribution in [0.15, 0.2) is 6.20 Å². The molecule has 0 bridgehead atoms. The smallest absolute Gasteiger partial charge is 0.162 e. The van der Waals surface area contributed by atoms with Crippen LogP contribution >= 0.6 is 23.5 Å². The maximum Gasteiger partial charge on any atom is 0.162 e. The van der Waals surface area contributed by atoms with Crippen LogP contribution in [0.4, 0.5) is 0 Å². The minimum Gasteiger partial charge on any atom is -0.493 e. The van der Waals surface area contributed by atoms with Gasteiger partial charge in [-0.25, -0.2) is 0 Å². The summed E-state index contributed by atoms with van der Waals surface area (Å²) in [7, 11) is 1.63. The summed E-state index contributed by atoms with van der Waals surface area (Å²) < 4.78 is 7.19. The maximum absolute atomic E-state index is 10.8. The van der Waals surface area contributed by atoms with Crippen LogP contribution in [-0.4, -0.2) is 44.0 Å². The third kappa shape index (κ3) is 3.06. The van der Waals surface area contributed by atoms with Gasteiger partial charge in [-0.3, -0.25) is 4.68 Å². The molecule has 4 nitrogen and oxygen atoms in total. The normalized spacial score (nSPS) is 25.3. The topological polar surface area (TPSA) is 47.3 Å². The molecular weight excluding hydrogens is 280 g/mol. The van der Waals surface area contributed by atoms with Crippen molar-refractivity contribution in [3.8, 4) is 5.75 Å². The minimum atomic E-state index is -0.514. The second-order valence-corrected chi connectivity index (χ2v) is 7.14. The highest BCUT2D eigenvalue weighted by atomic mass is 32.2. The molecular formula is C13H22N2O2S2. The Morgan fingerprint density at radius 1 is 1.47 bits per heavy atom. The second-order valence-electron chi connectivity index (χ2n) is 4.51. The number of thioether (sulfide) groups is 2. The number of hydrogen-bond acceptors (Lipinski definition) is 5. The number of ether oxygens (including phenoxy) is 1. The number of aryl methyl sites for hydroxylation is 1. The number of methoxy groups -OCH3 is 1. The highest BCUT2D eigenvalue weighted by Gasteiger charge is 2.35. The summed E-state index contributed by atoms with van der Waals surface area (Å²) in [6, 6.07) is 0. The SMILES string of the molecule is CCC1SCCSC1C(O)c1c(OC)cnn1CC. The van der Waals surface area contributed by atoms with Crippen molar-refractivity contribution in [3.63, 3.8) is 0 Å². The fourth-order valence-electron chi connectivity index (χ4n) is 2.47. The fourth-order valence-corrected chi connectivity index (χ4v) is 5.58. The van der Waals surface area contributed by atoms with Gasteiger partial charge >= 0.3 is 0 Å². The average molecular weight is 302 g/mol. The molecule has 2 rings (SSSR count). The molecule has 0 radical (unpaired) electrons. The molecule has 2 heterocycles. The Hall–Kier alpha value is -0.330. The molecule has 1 fully saturated rings. The van der Waals surface area contributed by atoms with Crippen LogP contribution in [0.3, 0.4) is 0 Å². The van der Waals surface area contributed by atoms with E-state index in [2.05, 4.69) is 12.0 Å². The van der Waals surface area contributed by atoms with Crippen molar-refractivity contribution in [2.24, 2.45) is 0 Å². The molecule has 108 valence electrons. The third-order valence-electron chi connectivity index (χ3n) is 3.45. The number of rotatable bonds is 5. The summed E-state index contributed by atoms with van der Waals surface area (Å²) in [4.78, 5) is 0. The standard InChI is InChI=1S/C13H22N2O2S2/c1-4-10-13(19-7-6-18-10)12(16)11-9(17-3)8-14-15(11)5-2/h8,10,12-13,16H,4-7H2,1-3H3. The molecule has 0 aromatic carbocycles. The first-order valence-corrected chi connectivity index (χ1v) is 8.83. The summed E-state index contributed by atoms with van der Waals surface area (Å²) in [5.74, 6) is 2.97. The van der Waals surface area contributed by atoms with E-state index in [0.717, 1.165) is 24.4 Å². The Balaban J connectivity index is 2.26. The molecule has 1 saturated heterocycles. The van der Waals surface area contributed by atoms with Gasteiger partial charge in [0, 0.05) is 28.6 Å². The summed E-state index contributed by atoms with van der Waals surface area (Å²) in [6.45, 7) is 4.97. The van der Waals surface area contributed by atoms with Crippen molar-refractivity contribution in [2.45, 2.75) is 43.4 Å². The zero-order valence-corrected chi connectivity index (χ0v) is 13.3. The number of aliphatic hydroxyl groups is 1. The monoisotopic (exact) mass is 302 g/mol. The molecule has 0 amide bonds. The van der Waals surface area contributed by atoms with Crippen molar-refractivity contribution in [1.82, 2.24) is 9.78 Å². The van der Waals surface area contributed by atoms with Crippen LogP contribution < -0.4 is 4.74 Å². The quantitative estimate of drug-likeness (QED) is 0.906. The van der Waals surface area contributed by atoms with E-state index in [1.807, 2.05) is 35.1 Å². The molecule has 3 unspecified atom stereocenters. The molecule has 1 aromatic heterocycles. The molecule has 19 heavy (non-hydrogen) atoms. The molecule has 0 saturated carbocycles. The van der Waals surface area contributed by atoms with Crippen LogP contribution in [0.5, 0.6) is 5.75 Å². The largest absolute Gasteiger partial charge is 0.493 e. The van der Waals surface area contributed by atoms with Crippen molar-refractivity contribution < 1.29 is 9.84 Å². The van der Waals surface area contributed by atoms with Gasteiger partial charge in [-0.2, -0.15) is 28.6 Å². The van der Waals surface area contributed by atoms with Gasteiger partial charge in [-0.05, 0) is 13.3 Å². The number of nitrogens with zero attached hydrogens (tertiary/aromatic N) is 2. The lowest BCUT2D eigenvalue weighted by atomic mass is 10.1. The lowest BCUT2D eigenvalue weighted by Gasteiger charge is -2.33. The van der Waals surface area contributed by atoms with Gasteiger partial charge in [-0.1, -0.05) is 6.92 Å². The zero-order valence-electron chi connectivity index (χ0n) is 11.7. The first-order chi connectivity index (χ1) is 9.22. The molecule has 3 atom stereocenters. The lowest BCUT2D eigenvalue weighted by molar-refractivity contribution is 0.157. The predicted molar refractivity (Wildman–Crippen MR) is 82.2 cm³/mol. The highest BCUT2D eigenvalue weighted by Crippen LogP contribution is 2.42. The van der Waals surface area contributed by atoms with Crippen LogP contribution in [0.1, 0.15) is 32.1 Å². The van der Waals surface area contributed by atoms with E-state index in [4.69, 9.17) is 4.74 Å². The molecule has 1 aliphatic heterocycles. The van der Waals surface area contributed by atoms with Crippen molar-refractivity contribution in [1.29, 1.82) is 0 Å². The van der Waals surface area contributed by atoms with Crippen molar-refractivity contribution in [2.75, 3.05) is 18.6 Å². The Labute approximate surface area is 123 Å². The van der Waals surface area contributed by atoms with Gasteiger partial charge in [0.05, 0.1) is 13.3 Å². The van der Waals surface area contributed by atoms with Crippen molar-refractivity contribution >= 4 is 23.5 Å². The Kier molecular flexibility index (Phi) is 5.47. The van der Waals surface area contributed by atoms with E-state index in [1.54, 1.807) is 13.3 Å². The molecule has 0 spiro atoms. The van der Waals surface area contributed by atoms with E-state index in [9.17, 15) is 5.11 Å². The van der Waals surface area contributed by atoms with Gasteiger partial charge in [-0.15, -0.1) is 0 Å². The highest BCUT2D eigenvalue weighted by molar-refractivity contribution is 8.07. The van der Waals surface area contributed by atoms with E-state index < -0.39 is 6.10 Å². The number of aromatic nitrogens is 2. The van der Waals surface area contributed by atoms with Gasteiger partial charge in [0.25, 0.3) is 0 Å². The summed E-state index contributed by atoms with van der Waals surface area (Å²) >= 11 is 3.85. The predicted octanol–water partition coefficient (Wildman–Crippen LogP) is 2.57. The summed E-state index contributed by atoms with van der Waals surface area (Å²) in [6.07, 6.45) is 2.27. The van der Waals surface area contributed by atoms with Gasteiger partial charge in [0.1, 0.15) is 11.8 Å². The summed E-state index contributed by atoms with van der Waals surface area (Å²) in [5.41, 5.74) is 0.823.